The van der Waals surface area contributed by atoms with Gasteiger partial charge in [0.05, 0.1) is 16.9 Å². The Morgan fingerprint density at radius 2 is 1.75 bits per heavy atom. The van der Waals surface area contributed by atoms with Gasteiger partial charge in [0.1, 0.15) is 6.61 Å². The van der Waals surface area contributed by atoms with Gasteiger partial charge in [0.15, 0.2) is 0 Å². The van der Waals surface area contributed by atoms with Gasteiger partial charge < -0.3 is 4.74 Å². The summed E-state index contributed by atoms with van der Waals surface area (Å²) in [7, 11) is -3.69. The fourth-order valence-electron chi connectivity index (χ4n) is 2.75. The van der Waals surface area contributed by atoms with Crippen molar-refractivity contribution in [2.75, 3.05) is 6.61 Å². The Kier molecular flexibility index (Phi) is 4.69. The summed E-state index contributed by atoms with van der Waals surface area (Å²) in [5.41, 5.74) is 1.95. The Labute approximate surface area is 141 Å². The first-order valence-corrected chi connectivity index (χ1v) is 9.23. The predicted molar refractivity (Wildman–Crippen MR) is 89.9 cm³/mol. The summed E-state index contributed by atoms with van der Waals surface area (Å²) in [6.45, 7) is 1.95. The molecule has 1 N–H and O–H groups in total. The largest absolute Gasteiger partial charge is 0.464 e. The Bertz CT molecular complexity index is 816. The van der Waals surface area contributed by atoms with Crippen molar-refractivity contribution in [2.45, 2.75) is 24.3 Å². The second-order valence-electron chi connectivity index (χ2n) is 5.97. The van der Waals surface area contributed by atoms with Gasteiger partial charge in [0, 0.05) is 0 Å². The highest BCUT2D eigenvalue weighted by Gasteiger charge is 2.39. The molecule has 1 fully saturated rings. The highest BCUT2D eigenvalue weighted by Crippen LogP contribution is 2.22. The quantitative estimate of drug-likeness (QED) is 0.842. The molecule has 0 aliphatic carbocycles. The van der Waals surface area contributed by atoms with Crippen molar-refractivity contribution in [1.29, 1.82) is 0 Å². The molecule has 3 rings (SSSR count). The standard InChI is InChI=1S/C18H19NO4S/c1-13-7-9-15(10-8-13)24(21,22)19-17-12-23-18(20)16(17)11-14-5-3-2-4-6-14/h2-10,16-17,19H,11-12H2,1H3/t16-,17?/m0/s1. The van der Waals surface area contributed by atoms with Crippen LogP contribution in [0.1, 0.15) is 11.1 Å². The maximum Gasteiger partial charge on any atom is 0.311 e. The molecule has 2 aromatic rings. The lowest BCUT2D eigenvalue weighted by Crippen LogP contribution is -2.41. The summed E-state index contributed by atoms with van der Waals surface area (Å²) in [6, 6.07) is 15.5. The van der Waals surface area contributed by atoms with Gasteiger partial charge in [0.2, 0.25) is 10.0 Å². The van der Waals surface area contributed by atoms with Gasteiger partial charge >= 0.3 is 5.97 Å². The van der Waals surface area contributed by atoms with Gasteiger partial charge in [-0.15, -0.1) is 0 Å². The summed E-state index contributed by atoms with van der Waals surface area (Å²) in [6.07, 6.45) is 0.445. The molecule has 1 unspecified atom stereocenters. The van der Waals surface area contributed by atoms with E-state index in [0.29, 0.717) is 6.42 Å². The molecule has 1 aliphatic heterocycles. The molecule has 0 spiro atoms. The first-order chi connectivity index (χ1) is 11.5. The lowest BCUT2D eigenvalue weighted by Gasteiger charge is -2.17. The molecule has 1 saturated heterocycles. The average molecular weight is 345 g/mol. The van der Waals surface area contributed by atoms with Crippen LogP contribution in [-0.2, 0) is 26.0 Å². The van der Waals surface area contributed by atoms with Gasteiger partial charge in [-0.2, -0.15) is 0 Å². The number of nitrogens with one attached hydrogen (secondary N) is 1. The molecule has 24 heavy (non-hydrogen) atoms. The van der Waals surface area contributed by atoms with Crippen molar-refractivity contribution in [1.82, 2.24) is 4.72 Å². The van der Waals surface area contributed by atoms with Crippen LogP contribution in [-0.4, -0.2) is 27.0 Å². The van der Waals surface area contributed by atoms with Gasteiger partial charge in [-0.25, -0.2) is 13.1 Å². The van der Waals surface area contributed by atoms with Crippen LogP contribution in [0.2, 0.25) is 0 Å². The van der Waals surface area contributed by atoms with Crippen molar-refractivity contribution in [3.8, 4) is 0 Å². The Morgan fingerprint density at radius 1 is 1.08 bits per heavy atom. The number of esters is 1. The van der Waals surface area contributed by atoms with Crippen molar-refractivity contribution in [2.24, 2.45) is 5.92 Å². The highest BCUT2D eigenvalue weighted by molar-refractivity contribution is 7.89. The SMILES string of the molecule is Cc1ccc(S(=O)(=O)NC2COC(=O)[C@H]2Cc2ccccc2)cc1. The van der Waals surface area contributed by atoms with E-state index in [-0.39, 0.29) is 17.5 Å². The van der Waals surface area contributed by atoms with E-state index < -0.39 is 22.0 Å². The van der Waals surface area contributed by atoms with Crippen molar-refractivity contribution in [3.05, 3.63) is 65.7 Å². The topological polar surface area (TPSA) is 72.5 Å². The number of carbonyl (C=O) groups is 1. The summed E-state index contributed by atoms with van der Waals surface area (Å²) >= 11 is 0. The van der Waals surface area contributed by atoms with Crippen LogP contribution in [0.4, 0.5) is 0 Å². The zero-order chi connectivity index (χ0) is 17.2. The van der Waals surface area contributed by atoms with Crippen LogP contribution < -0.4 is 4.72 Å². The average Bonchev–Trinajstić information content (AvgIpc) is 2.89. The molecule has 126 valence electrons. The fourth-order valence-corrected chi connectivity index (χ4v) is 4.02. The smallest absolute Gasteiger partial charge is 0.311 e. The lowest BCUT2D eigenvalue weighted by molar-refractivity contribution is -0.141. The third kappa shape index (κ3) is 3.66. The van der Waals surface area contributed by atoms with Crippen molar-refractivity contribution < 1.29 is 17.9 Å². The number of cyclic esters (lactones) is 1. The number of rotatable bonds is 5. The Balaban J connectivity index is 1.77. The molecule has 0 saturated carbocycles. The molecule has 2 aromatic carbocycles. The first kappa shape index (κ1) is 16.7. The van der Waals surface area contributed by atoms with Gasteiger partial charge in [-0.1, -0.05) is 48.0 Å². The number of sulfonamides is 1. The molecule has 0 bridgehead atoms. The van der Waals surface area contributed by atoms with E-state index in [2.05, 4.69) is 4.72 Å². The first-order valence-electron chi connectivity index (χ1n) is 7.75. The van der Waals surface area contributed by atoms with E-state index in [0.717, 1.165) is 11.1 Å². The molecule has 0 amide bonds. The molecule has 2 atom stereocenters. The van der Waals surface area contributed by atoms with Crippen molar-refractivity contribution in [3.63, 3.8) is 0 Å². The number of hydrogen-bond donors (Lipinski definition) is 1. The van der Waals surface area contributed by atoms with Crippen LogP contribution in [0.25, 0.3) is 0 Å². The maximum atomic E-state index is 12.5. The number of ether oxygens (including phenoxy) is 1. The molecular weight excluding hydrogens is 326 g/mol. The predicted octanol–water partition coefficient (Wildman–Crippen LogP) is 2.06. The van der Waals surface area contributed by atoms with Crippen LogP contribution in [0, 0.1) is 12.8 Å². The molecular formula is C18H19NO4S. The molecule has 0 radical (unpaired) electrons. The summed E-state index contributed by atoms with van der Waals surface area (Å²) in [5, 5.41) is 0. The van der Waals surface area contributed by atoms with Crippen molar-refractivity contribution >= 4 is 16.0 Å². The molecule has 1 aliphatic rings. The number of benzene rings is 2. The summed E-state index contributed by atoms with van der Waals surface area (Å²) in [5.74, 6) is -0.886. The highest BCUT2D eigenvalue weighted by atomic mass is 32.2. The second kappa shape index (κ2) is 6.75. The molecule has 5 nitrogen and oxygen atoms in total. The Hall–Kier alpha value is -2.18. The number of aryl methyl sites for hydroxylation is 1. The summed E-state index contributed by atoms with van der Waals surface area (Å²) < 4.78 is 32.8. The van der Waals surface area contributed by atoms with E-state index in [4.69, 9.17) is 4.74 Å². The molecule has 1 heterocycles. The van der Waals surface area contributed by atoms with E-state index in [9.17, 15) is 13.2 Å². The van der Waals surface area contributed by atoms with Crippen LogP contribution in [0.5, 0.6) is 0 Å². The van der Waals surface area contributed by atoms with Gasteiger partial charge in [-0.05, 0) is 31.0 Å². The minimum Gasteiger partial charge on any atom is -0.464 e. The third-order valence-corrected chi connectivity index (χ3v) is 5.64. The zero-order valence-electron chi connectivity index (χ0n) is 13.3. The zero-order valence-corrected chi connectivity index (χ0v) is 14.1. The van der Waals surface area contributed by atoms with E-state index >= 15 is 0 Å². The summed E-state index contributed by atoms with van der Waals surface area (Å²) in [4.78, 5) is 12.2. The van der Waals surface area contributed by atoms with Crippen LogP contribution in [0.3, 0.4) is 0 Å². The minimum absolute atomic E-state index is 0.0570. The minimum atomic E-state index is -3.69. The van der Waals surface area contributed by atoms with Crippen LogP contribution >= 0.6 is 0 Å². The lowest BCUT2D eigenvalue weighted by atomic mass is 9.95. The normalized spacial score (nSPS) is 20.8. The number of hydrogen-bond acceptors (Lipinski definition) is 4. The van der Waals surface area contributed by atoms with E-state index in [1.54, 1.807) is 24.3 Å². The number of carbonyl (C=O) groups excluding carboxylic acids is 1. The molecule has 6 heteroatoms. The van der Waals surface area contributed by atoms with E-state index in [1.165, 1.54) is 0 Å². The monoisotopic (exact) mass is 345 g/mol. The molecule has 0 aromatic heterocycles. The second-order valence-corrected chi connectivity index (χ2v) is 7.68. The maximum absolute atomic E-state index is 12.5. The fraction of sp³-hybridized carbons (Fsp3) is 0.278. The van der Waals surface area contributed by atoms with Gasteiger partial charge in [-0.3, -0.25) is 4.79 Å². The third-order valence-electron chi connectivity index (χ3n) is 4.13. The van der Waals surface area contributed by atoms with E-state index in [1.807, 2.05) is 37.3 Å². The van der Waals surface area contributed by atoms with Gasteiger partial charge in [0.25, 0.3) is 0 Å². The Morgan fingerprint density at radius 3 is 2.42 bits per heavy atom. The van der Waals surface area contributed by atoms with Crippen LogP contribution in [0.15, 0.2) is 59.5 Å².